The van der Waals surface area contributed by atoms with E-state index >= 15 is 14.4 Å². The smallest absolute Gasteiger partial charge is 0.326 e. The summed E-state index contributed by atoms with van der Waals surface area (Å²) in [7, 11) is 1.59. The van der Waals surface area contributed by atoms with Crippen LogP contribution in [0.5, 0.6) is 0 Å². The third-order valence-corrected chi connectivity index (χ3v) is 21.2. The van der Waals surface area contributed by atoms with E-state index in [1.807, 2.05) is 0 Å². The third-order valence-electron chi connectivity index (χ3n) is 18.8. The van der Waals surface area contributed by atoms with Crippen molar-refractivity contribution in [2.24, 2.45) is 50.3 Å². The van der Waals surface area contributed by atoms with E-state index in [0.29, 0.717) is 31.2 Å². The number of guanidine groups is 2. The summed E-state index contributed by atoms with van der Waals surface area (Å²) in [5, 5.41) is 66.6. The average molecular weight is 1570 g/mol. The first-order valence-corrected chi connectivity index (χ1v) is 38.8. The van der Waals surface area contributed by atoms with Crippen molar-refractivity contribution >= 4 is 122 Å². The number of aliphatic imine (C=N–C) groups is 2. The number of hydrogen-bond acceptors (Lipinski definition) is 23. The van der Waals surface area contributed by atoms with Crippen molar-refractivity contribution in [2.75, 3.05) is 63.9 Å². The molecule has 0 spiro atoms. The van der Waals surface area contributed by atoms with Gasteiger partial charge in [0.2, 0.25) is 76.8 Å². The number of benzene rings is 1. The molecular weight excluding hydrogens is 1470 g/mol. The molecule has 13 amide bonds. The van der Waals surface area contributed by atoms with Crippen molar-refractivity contribution in [3.05, 3.63) is 35.9 Å². The molecule has 42 heteroatoms. The Labute approximate surface area is 638 Å². The normalized spacial score (nSPS) is 24.4. The molecule has 4 saturated heterocycles. The van der Waals surface area contributed by atoms with Crippen molar-refractivity contribution < 1.29 is 92.3 Å². The summed E-state index contributed by atoms with van der Waals surface area (Å²) < 4.78 is 0. The number of unbranched alkanes of at least 4 members (excludes halogenated alkanes) is 1. The van der Waals surface area contributed by atoms with Crippen LogP contribution in [-0.2, 0) is 78.3 Å². The number of nitrogens with two attached hydrogens (primary N) is 6. The molecule has 26 N–H and O–H groups in total. The van der Waals surface area contributed by atoms with Gasteiger partial charge in [-0.15, -0.1) is 0 Å². The zero-order valence-corrected chi connectivity index (χ0v) is 63.0. The van der Waals surface area contributed by atoms with Gasteiger partial charge in [-0.25, -0.2) is 4.79 Å². The number of carboxylic acid groups (broad SMARTS) is 2. The summed E-state index contributed by atoms with van der Waals surface area (Å²) in [6.45, 7) is 2.92. The zero-order chi connectivity index (χ0) is 80.6. The van der Waals surface area contributed by atoms with Gasteiger partial charge in [0, 0.05) is 50.7 Å². The predicted molar refractivity (Wildman–Crippen MR) is 398 cm³/mol. The van der Waals surface area contributed by atoms with Gasteiger partial charge in [0.25, 0.3) is 0 Å². The van der Waals surface area contributed by atoms with Crippen LogP contribution in [0.15, 0.2) is 40.3 Å². The summed E-state index contributed by atoms with van der Waals surface area (Å²) >= 11 is 0. The minimum Gasteiger partial charge on any atom is -0.481 e. The summed E-state index contributed by atoms with van der Waals surface area (Å²) in [6, 6.07) is -12.1. The molecule has 4 fully saturated rings. The molecule has 1 aromatic rings. The maximum absolute atomic E-state index is 15.4. The lowest BCUT2D eigenvalue weighted by molar-refractivity contribution is -0.149. The van der Waals surface area contributed by atoms with E-state index < -0.39 is 210 Å². The number of aliphatic carboxylic acids is 2. The van der Waals surface area contributed by atoms with Gasteiger partial charge in [0.1, 0.15) is 78.5 Å². The van der Waals surface area contributed by atoms with E-state index in [9.17, 15) is 78.0 Å². The van der Waals surface area contributed by atoms with Crippen LogP contribution in [0.4, 0.5) is 0 Å². The van der Waals surface area contributed by atoms with E-state index in [-0.39, 0.29) is 122 Å². The molecule has 5 rings (SSSR count). The van der Waals surface area contributed by atoms with Crippen molar-refractivity contribution in [3.8, 4) is 0 Å². The second-order valence-corrected chi connectivity index (χ2v) is 29.5. The number of carboxylic acids is 2. The number of likely N-dealkylation sites (tertiary alicyclic amines) is 1. The topological polar surface area (TPSA) is 648 Å². The van der Waals surface area contributed by atoms with E-state index in [0.717, 1.165) is 33.4 Å². The molecule has 0 unspecified atom stereocenters. The zero-order valence-electron chi connectivity index (χ0n) is 61.4. The van der Waals surface area contributed by atoms with Crippen LogP contribution in [-0.4, -0.2) is 284 Å². The SMILES string of the molecule is CC[C@H](C)[C@@H]1NC(=O)[C@H](CO)NC(=O)[C@H](CCCCN)NC(=O)[C@H]([C@@H](C)O)NC(=O)[C@@H](NC(=O)[C@H](CCCN=C(N)N)NC(=O)CN)CSSC[C@@H](C(=O)N[C@@H](Cc2ccccc2)C(=O)N2CCC[C@H]2C(=O)N[C@@H](CC(=O)O)C(=O)O)NC(=O)[C@H](CCCN=C(N)N)NC(=O)[C@@H]2CCCN2C(=O)[C@@H]2CCCN2C1=O. The number of fused-ring (bicyclic) bond motifs is 2. The Hall–Kier alpha value is -9.65. The standard InChI is InChI=1S/C67H107N21O19S2/c1-4-35(2)51-64(105)88-28-14-22-48(88)63(104)87-27-13-21-47(87)59(100)77-40(19-11-25-75-67(72)73)55(96)82-44(57(98)79-41(29-37-15-6-5-7-16-37)62(103)86-26-12-20-46(86)60(101)80-42(65(106)107)30-50(92)93)33-108-109-34-45(83-53(94)38(76-49(91)31-69)18-10-24-74-66(70)71)58(99)85-52(36(3)90)61(102)78-39(17-8-9-23-68)54(95)81-43(32-89)56(97)84-51/h5-7,15-16,35-36,38-48,51-52,89-90H,4,8-14,17-34,68-69H2,1-3H3,(H,76,91)(H,77,100)(H,78,102)(H,79,98)(H,80,101)(H,81,95)(H,82,96)(H,83,94)(H,84,97)(H,85,99)(H,92,93)(H,106,107)(H4,70,71,74)(H4,72,73,75)/t35-,36+,38-,39-,40-,41-,42-,43-,44-,45-,46-,47-,48-,51-,52-/m0/s1. The van der Waals surface area contributed by atoms with E-state index in [4.69, 9.17) is 34.4 Å². The summed E-state index contributed by atoms with van der Waals surface area (Å²) in [5.41, 5.74) is 34.3. The molecule has 0 radical (unpaired) electrons. The lowest BCUT2D eigenvalue weighted by atomic mass is 9.96. The van der Waals surface area contributed by atoms with Gasteiger partial charge in [-0.05, 0) is 108 Å². The number of carbonyl (C=O) groups is 15. The number of aliphatic hydroxyl groups excluding tert-OH is 2. The second kappa shape index (κ2) is 45.4. The molecule has 1 aromatic carbocycles. The van der Waals surface area contributed by atoms with E-state index in [1.54, 1.807) is 44.2 Å². The van der Waals surface area contributed by atoms with Crippen LogP contribution in [0.3, 0.4) is 0 Å². The van der Waals surface area contributed by atoms with Crippen molar-refractivity contribution in [1.82, 2.24) is 67.9 Å². The molecular formula is C67H107N21O19S2. The minimum atomic E-state index is -1.94. The molecule has 15 atom stereocenters. The molecule has 4 aliphatic heterocycles. The number of hydrogen-bond donors (Lipinski definition) is 20. The maximum atomic E-state index is 15.4. The summed E-state index contributed by atoms with van der Waals surface area (Å²) in [6.07, 6.45) is -1.64. The van der Waals surface area contributed by atoms with Crippen LogP contribution in [0.1, 0.15) is 123 Å². The molecule has 0 aliphatic carbocycles. The number of nitrogens with zero attached hydrogens (tertiary/aromatic N) is 5. The average Bonchev–Trinajstić information content (AvgIpc) is 1.68. The van der Waals surface area contributed by atoms with Gasteiger partial charge < -0.3 is 123 Å². The van der Waals surface area contributed by atoms with Crippen LogP contribution < -0.4 is 87.6 Å². The number of nitrogens with one attached hydrogen (secondary N) is 10. The van der Waals surface area contributed by atoms with Gasteiger partial charge in [-0.3, -0.25) is 77.1 Å². The van der Waals surface area contributed by atoms with Gasteiger partial charge >= 0.3 is 11.9 Å². The molecule has 4 aliphatic rings. The van der Waals surface area contributed by atoms with Gasteiger partial charge in [0.05, 0.1) is 25.7 Å². The first-order valence-electron chi connectivity index (χ1n) is 36.3. The highest BCUT2D eigenvalue weighted by molar-refractivity contribution is 8.76. The Balaban J connectivity index is 1.67. The Morgan fingerprint density at radius 2 is 1.18 bits per heavy atom. The van der Waals surface area contributed by atoms with Crippen LogP contribution in [0, 0.1) is 5.92 Å². The minimum absolute atomic E-state index is 0.00689. The lowest BCUT2D eigenvalue weighted by Crippen LogP contribution is -2.62. The van der Waals surface area contributed by atoms with Gasteiger partial charge in [-0.1, -0.05) is 72.2 Å². The fourth-order valence-electron chi connectivity index (χ4n) is 12.7. The molecule has 4 heterocycles. The fourth-order valence-corrected chi connectivity index (χ4v) is 15.1. The van der Waals surface area contributed by atoms with E-state index in [2.05, 4.69) is 63.2 Å². The maximum Gasteiger partial charge on any atom is 0.326 e. The Morgan fingerprint density at radius 1 is 0.615 bits per heavy atom. The lowest BCUT2D eigenvalue weighted by Gasteiger charge is -2.35. The van der Waals surface area contributed by atoms with Crippen LogP contribution in [0.2, 0.25) is 0 Å². The first-order chi connectivity index (χ1) is 51.8. The Bertz CT molecular complexity index is 3410. The monoisotopic (exact) mass is 1570 g/mol. The highest BCUT2D eigenvalue weighted by Gasteiger charge is 2.47. The third kappa shape index (κ3) is 28.1. The number of amides is 13. The van der Waals surface area contributed by atoms with E-state index in [1.165, 1.54) is 9.80 Å². The highest BCUT2D eigenvalue weighted by atomic mass is 33.1. The number of carbonyl (C=O) groups excluding carboxylic acids is 13. The van der Waals surface area contributed by atoms with Crippen LogP contribution >= 0.6 is 21.6 Å². The highest BCUT2D eigenvalue weighted by Crippen LogP contribution is 2.29. The van der Waals surface area contributed by atoms with Gasteiger partial charge in [0.15, 0.2) is 11.9 Å². The van der Waals surface area contributed by atoms with Gasteiger partial charge in [-0.2, -0.15) is 0 Å². The predicted octanol–water partition coefficient (Wildman–Crippen LogP) is -7.38. The molecule has 0 saturated carbocycles. The largest absolute Gasteiger partial charge is 0.481 e. The molecule has 109 heavy (non-hydrogen) atoms. The Morgan fingerprint density at radius 3 is 1.79 bits per heavy atom. The molecule has 606 valence electrons. The second-order valence-electron chi connectivity index (χ2n) is 27.0. The molecule has 0 bridgehead atoms. The quantitative estimate of drug-likeness (QED) is 0.0147. The fraction of sp³-hybridized carbons (Fsp3) is 0.657. The summed E-state index contributed by atoms with van der Waals surface area (Å²) in [5.74, 6) is -17.7. The molecule has 0 aromatic heterocycles. The van der Waals surface area contributed by atoms with Crippen molar-refractivity contribution in [1.29, 1.82) is 0 Å². The van der Waals surface area contributed by atoms with Crippen LogP contribution in [0.25, 0.3) is 0 Å². The van der Waals surface area contributed by atoms with Crippen molar-refractivity contribution in [2.45, 2.75) is 208 Å². The first kappa shape index (κ1) is 90.0. The van der Waals surface area contributed by atoms with Crippen molar-refractivity contribution in [3.63, 3.8) is 0 Å². The number of rotatable bonds is 30. The summed E-state index contributed by atoms with van der Waals surface area (Å²) in [4.78, 5) is 225. The molecule has 40 nitrogen and oxygen atoms in total. The Kier molecular flexibility index (Phi) is 37.4. The number of aliphatic hydroxyl groups is 2.